The lowest BCUT2D eigenvalue weighted by Gasteiger charge is -2.26. The summed E-state index contributed by atoms with van der Waals surface area (Å²) in [6.45, 7) is 3.28. The van der Waals surface area contributed by atoms with Gasteiger partial charge < -0.3 is 0 Å². The van der Waals surface area contributed by atoms with Crippen LogP contribution < -0.4 is 5.43 Å². The van der Waals surface area contributed by atoms with Crippen LogP contribution in [0.2, 0.25) is 0 Å². The van der Waals surface area contributed by atoms with Crippen molar-refractivity contribution in [2.24, 2.45) is 11.0 Å². The molecule has 1 heterocycles. The van der Waals surface area contributed by atoms with Crippen molar-refractivity contribution in [2.45, 2.75) is 56.8 Å². The lowest BCUT2D eigenvalue weighted by molar-refractivity contribution is 0.0954. The fraction of sp³-hybridized carbons (Fsp3) is 0.579. The molecule has 0 aromatic heterocycles. The number of hydrazone groups is 1. The van der Waals surface area contributed by atoms with Gasteiger partial charge in [-0.05, 0) is 62.6 Å². The number of carbonyl (C=O) groups is 1. The van der Waals surface area contributed by atoms with Crippen LogP contribution in [0.3, 0.4) is 0 Å². The Kier molecular flexibility index (Phi) is 6.09. The maximum atomic E-state index is 12.8. The molecular formula is C19H27N3O3S. The first-order valence-electron chi connectivity index (χ1n) is 9.43. The third-order valence-corrected chi connectivity index (χ3v) is 7.01. The highest BCUT2D eigenvalue weighted by atomic mass is 32.2. The summed E-state index contributed by atoms with van der Waals surface area (Å²) < 4.78 is 27.1. The van der Waals surface area contributed by atoms with Crippen molar-refractivity contribution in [1.29, 1.82) is 0 Å². The monoisotopic (exact) mass is 377 g/mol. The molecule has 0 radical (unpaired) electrons. The van der Waals surface area contributed by atoms with Gasteiger partial charge >= 0.3 is 0 Å². The number of piperidine rings is 1. The van der Waals surface area contributed by atoms with E-state index in [2.05, 4.69) is 17.5 Å². The number of carbonyl (C=O) groups excluding carboxylic acids is 1. The van der Waals surface area contributed by atoms with Gasteiger partial charge in [0.15, 0.2) is 0 Å². The Labute approximate surface area is 155 Å². The molecule has 26 heavy (non-hydrogen) atoms. The van der Waals surface area contributed by atoms with Crippen LogP contribution in [0.1, 0.15) is 62.2 Å². The van der Waals surface area contributed by atoms with Crippen LogP contribution in [0.5, 0.6) is 0 Å². The van der Waals surface area contributed by atoms with E-state index >= 15 is 0 Å². The molecule has 0 bridgehead atoms. The Bertz CT molecular complexity index is 783. The number of nitrogens with one attached hydrogen (secondary N) is 1. The average molecular weight is 378 g/mol. The zero-order valence-corrected chi connectivity index (χ0v) is 16.1. The number of sulfonamides is 1. The first kappa shape index (κ1) is 19.0. The second kappa shape index (κ2) is 8.31. The summed E-state index contributed by atoms with van der Waals surface area (Å²) in [5.41, 5.74) is 3.91. The Morgan fingerprint density at radius 2 is 1.96 bits per heavy atom. The van der Waals surface area contributed by atoms with E-state index < -0.39 is 10.0 Å². The van der Waals surface area contributed by atoms with E-state index in [0.717, 1.165) is 44.2 Å². The fourth-order valence-electron chi connectivity index (χ4n) is 3.61. The van der Waals surface area contributed by atoms with Crippen LogP contribution in [0.4, 0.5) is 0 Å². The Hall–Kier alpha value is -1.73. The molecule has 1 N–H and O–H groups in total. The SMILES string of the molecule is C[C@@H]1CCC/C(=N/NC(=O)c2cccc(S(=O)(=O)N3CCCCC3)c2)C1. The van der Waals surface area contributed by atoms with E-state index in [4.69, 9.17) is 0 Å². The van der Waals surface area contributed by atoms with Gasteiger partial charge in [-0.1, -0.05) is 19.4 Å². The van der Waals surface area contributed by atoms with Gasteiger partial charge in [-0.15, -0.1) is 0 Å². The van der Waals surface area contributed by atoms with Crippen LogP contribution in [0.15, 0.2) is 34.3 Å². The smallest absolute Gasteiger partial charge is 0.267 e. The zero-order valence-electron chi connectivity index (χ0n) is 15.3. The first-order chi connectivity index (χ1) is 12.5. The van der Waals surface area contributed by atoms with Gasteiger partial charge in [0.25, 0.3) is 5.91 Å². The highest BCUT2D eigenvalue weighted by Crippen LogP contribution is 2.22. The summed E-state index contributed by atoms with van der Waals surface area (Å²) in [6.07, 6.45) is 6.94. The van der Waals surface area contributed by atoms with Crippen LogP contribution in [0.25, 0.3) is 0 Å². The summed E-state index contributed by atoms with van der Waals surface area (Å²) in [6, 6.07) is 6.23. The number of amides is 1. The lowest BCUT2D eigenvalue weighted by atomic mass is 9.89. The molecule has 0 spiro atoms. The minimum Gasteiger partial charge on any atom is -0.267 e. The van der Waals surface area contributed by atoms with Gasteiger partial charge in [-0.2, -0.15) is 9.41 Å². The maximum Gasteiger partial charge on any atom is 0.271 e. The van der Waals surface area contributed by atoms with Crippen molar-refractivity contribution in [3.05, 3.63) is 29.8 Å². The summed E-state index contributed by atoms with van der Waals surface area (Å²) >= 11 is 0. The summed E-state index contributed by atoms with van der Waals surface area (Å²) in [7, 11) is -3.54. The molecule has 3 rings (SSSR count). The van der Waals surface area contributed by atoms with Crippen LogP contribution in [0, 0.1) is 5.92 Å². The quantitative estimate of drug-likeness (QED) is 0.819. The van der Waals surface area contributed by atoms with Crippen molar-refractivity contribution in [2.75, 3.05) is 13.1 Å². The molecule has 2 aliphatic rings. The van der Waals surface area contributed by atoms with E-state index in [-0.39, 0.29) is 10.8 Å². The Balaban J connectivity index is 1.72. The molecule has 1 aromatic rings. The zero-order chi connectivity index (χ0) is 18.6. The number of hydrogen-bond donors (Lipinski definition) is 1. The molecule has 1 aromatic carbocycles. The van der Waals surface area contributed by atoms with Gasteiger partial charge in [-0.3, -0.25) is 4.79 Å². The summed E-state index contributed by atoms with van der Waals surface area (Å²) in [4.78, 5) is 12.6. The topological polar surface area (TPSA) is 78.8 Å². The Morgan fingerprint density at radius 1 is 1.19 bits per heavy atom. The predicted molar refractivity (Wildman–Crippen MR) is 102 cm³/mol. The number of benzene rings is 1. The molecule has 7 heteroatoms. The summed E-state index contributed by atoms with van der Waals surface area (Å²) in [5, 5.41) is 4.25. The largest absolute Gasteiger partial charge is 0.271 e. The highest BCUT2D eigenvalue weighted by molar-refractivity contribution is 7.89. The molecule has 1 amide bonds. The normalized spacial score (nSPS) is 23.7. The van der Waals surface area contributed by atoms with Crippen LogP contribution in [-0.4, -0.2) is 37.4 Å². The molecule has 142 valence electrons. The van der Waals surface area contributed by atoms with E-state index in [0.29, 0.717) is 24.6 Å². The molecule has 2 fully saturated rings. The van der Waals surface area contributed by atoms with Crippen LogP contribution >= 0.6 is 0 Å². The van der Waals surface area contributed by atoms with Gasteiger partial charge in [0.2, 0.25) is 10.0 Å². The molecule has 1 atom stereocenters. The predicted octanol–water partition coefficient (Wildman–Crippen LogP) is 3.16. The number of nitrogens with zero attached hydrogens (tertiary/aromatic N) is 2. The number of rotatable bonds is 4. The highest BCUT2D eigenvalue weighted by Gasteiger charge is 2.26. The van der Waals surface area contributed by atoms with E-state index in [9.17, 15) is 13.2 Å². The standard InChI is InChI=1S/C19H27N3O3S/c1-15-7-5-9-17(13-15)20-21-19(23)16-8-6-10-18(14-16)26(24,25)22-11-3-2-4-12-22/h6,8,10,14-15H,2-5,7,9,11-13H2,1H3,(H,21,23)/b20-17-/t15-/m1/s1. The minimum absolute atomic E-state index is 0.172. The van der Waals surface area contributed by atoms with Crippen molar-refractivity contribution >= 4 is 21.6 Å². The lowest BCUT2D eigenvalue weighted by Crippen LogP contribution is -2.35. The Morgan fingerprint density at radius 3 is 2.69 bits per heavy atom. The van der Waals surface area contributed by atoms with Crippen molar-refractivity contribution in [3.63, 3.8) is 0 Å². The average Bonchev–Trinajstić information content (AvgIpc) is 2.67. The maximum absolute atomic E-state index is 12.8. The summed E-state index contributed by atoms with van der Waals surface area (Å²) in [5.74, 6) is 0.226. The first-order valence-corrected chi connectivity index (χ1v) is 10.9. The molecule has 0 unspecified atom stereocenters. The van der Waals surface area contributed by atoms with E-state index in [1.807, 2.05) is 0 Å². The van der Waals surface area contributed by atoms with Crippen LogP contribution in [-0.2, 0) is 10.0 Å². The third-order valence-electron chi connectivity index (χ3n) is 5.11. The van der Waals surface area contributed by atoms with Crippen molar-refractivity contribution in [1.82, 2.24) is 9.73 Å². The third kappa shape index (κ3) is 4.51. The van der Waals surface area contributed by atoms with Gasteiger partial charge in [0.05, 0.1) is 4.90 Å². The van der Waals surface area contributed by atoms with Crippen molar-refractivity contribution in [3.8, 4) is 0 Å². The second-order valence-electron chi connectivity index (χ2n) is 7.31. The molecule has 1 aliphatic heterocycles. The molecule has 1 saturated heterocycles. The molecule has 1 aliphatic carbocycles. The molecule has 6 nitrogen and oxygen atoms in total. The van der Waals surface area contributed by atoms with Gasteiger partial charge in [-0.25, -0.2) is 13.8 Å². The minimum atomic E-state index is -3.54. The van der Waals surface area contributed by atoms with Crippen molar-refractivity contribution < 1.29 is 13.2 Å². The number of hydrogen-bond acceptors (Lipinski definition) is 4. The van der Waals surface area contributed by atoms with E-state index in [1.165, 1.54) is 16.8 Å². The molecule has 1 saturated carbocycles. The second-order valence-corrected chi connectivity index (χ2v) is 9.25. The van der Waals surface area contributed by atoms with Gasteiger partial charge in [0, 0.05) is 24.4 Å². The molecular weight excluding hydrogens is 350 g/mol. The van der Waals surface area contributed by atoms with Gasteiger partial charge in [0.1, 0.15) is 0 Å². The van der Waals surface area contributed by atoms with E-state index in [1.54, 1.807) is 18.2 Å². The fourth-order valence-corrected chi connectivity index (χ4v) is 5.17.